The van der Waals surface area contributed by atoms with Gasteiger partial charge < -0.3 is 19.2 Å². The molecule has 0 bridgehead atoms. The van der Waals surface area contributed by atoms with E-state index in [9.17, 15) is 19.2 Å². The molecule has 0 spiro atoms. The Bertz CT molecular complexity index is 708. The highest BCUT2D eigenvalue weighted by Crippen LogP contribution is 2.41. The third-order valence-electron chi connectivity index (χ3n) is 2.68. The van der Waals surface area contributed by atoms with Gasteiger partial charge in [-0.3, -0.25) is 9.59 Å². The van der Waals surface area contributed by atoms with Crippen LogP contribution >= 0.6 is 70.1 Å². The predicted molar refractivity (Wildman–Crippen MR) is 95.0 cm³/mol. The number of carbonyl (C=O) groups is 4. The summed E-state index contributed by atoms with van der Waals surface area (Å²) < 4.78 is 7.71. The molecule has 0 aromatic heterocycles. The fraction of sp³-hybridized carbons (Fsp3) is 0.167. The van der Waals surface area contributed by atoms with Gasteiger partial charge in [0.1, 0.15) is 36.8 Å². The number of rotatable bonds is 6. The molecule has 8 nitrogen and oxygen atoms in total. The van der Waals surface area contributed by atoms with Crippen molar-refractivity contribution in [1.29, 1.82) is 0 Å². The largest absolute Gasteiger partial charge is 0.346 e. The van der Waals surface area contributed by atoms with Crippen LogP contribution in [-0.2, 0) is 18.2 Å². The highest BCUT2D eigenvalue weighted by Gasteiger charge is 2.29. The number of nitrogens with one attached hydrogen (secondary N) is 2. The number of benzene rings is 1. The zero-order valence-electron chi connectivity index (χ0n) is 12.1. The first-order valence-electron chi connectivity index (χ1n) is 6.20. The first kappa shape index (κ1) is 22.9. The van der Waals surface area contributed by atoms with Crippen LogP contribution < -0.4 is 10.6 Å². The first-order chi connectivity index (χ1) is 12.1. The van der Waals surface area contributed by atoms with E-state index in [1.807, 2.05) is 0 Å². The van der Waals surface area contributed by atoms with Crippen LogP contribution in [0, 0.1) is 0 Å². The molecule has 0 heterocycles. The quantitative estimate of drug-likeness (QED) is 0.472. The minimum Gasteiger partial charge on any atom is -0.346 e. The van der Waals surface area contributed by atoms with Crippen molar-refractivity contribution in [3.05, 3.63) is 31.2 Å². The zero-order valence-corrected chi connectivity index (χ0v) is 16.7. The Morgan fingerprint density at radius 1 is 0.654 bits per heavy atom. The molecule has 1 rings (SSSR count). The van der Waals surface area contributed by atoms with Crippen LogP contribution in [0.4, 0.5) is 0 Å². The third-order valence-corrected chi connectivity index (χ3v) is 4.83. The minimum atomic E-state index is -1.01. The molecule has 0 aliphatic rings. The molecule has 1 aromatic rings. The fourth-order valence-electron chi connectivity index (χ4n) is 1.59. The van der Waals surface area contributed by atoms with E-state index in [4.69, 9.17) is 70.1 Å². The van der Waals surface area contributed by atoms with Gasteiger partial charge in [-0.05, 0) is 0 Å². The lowest BCUT2D eigenvalue weighted by Gasteiger charge is -2.15. The molecule has 0 fully saturated rings. The van der Waals surface area contributed by atoms with E-state index in [0.29, 0.717) is 0 Å². The molecule has 0 radical (unpaired) electrons. The fourth-order valence-corrected chi connectivity index (χ4v) is 2.73. The lowest BCUT2D eigenvalue weighted by molar-refractivity contribution is -0.133. The molecule has 0 saturated carbocycles. The normalized spacial score (nSPS) is 10.1. The van der Waals surface area contributed by atoms with Crippen LogP contribution in [-0.4, -0.2) is 36.8 Å². The molecule has 0 aliphatic heterocycles. The Kier molecular flexibility index (Phi) is 9.02. The first-order valence-corrected chi connectivity index (χ1v) is 8.33. The van der Waals surface area contributed by atoms with E-state index in [1.165, 1.54) is 0 Å². The maximum Gasteiger partial charge on any atom is 0.343 e. The predicted octanol–water partition coefficient (Wildman–Crippen LogP) is 3.15. The number of carbonyl (C=O) groups excluding carboxylic acids is 4. The highest BCUT2D eigenvalue weighted by atomic mass is 35.5. The number of hydrogen-bond acceptors (Lipinski definition) is 6. The molecule has 26 heavy (non-hydrogen) atoms. The van der Waals surface area contributed by atoms with Crippen LogP contribution in [0.3, 0.4) is 0 Å². The Labute approximate surface area is 176 Å². The second-order valence-corrected chi connectivity index (χ2v) is 6.09. The molecule has 2 amide bonds. The number of amides is 2. The lowest BCUT2D eigenvalue weighted by atomic mass is 10.1. The number of halogens is 6. The van der Waals surface area contributed by atoms with E-state index in [1.54, 1.807) is 0 Å². The van der Waals surface area contributed by atoms with Crippen molar-refractivity contribution in [2.45, 2.75) is 0 Å². The Morgan fingerprint density at radius 3 is 1.23 bits per heavy atom. The van der Waals surface area contributed by atoms with Crippen molar-refractivity contribution >= 4 is 93.9 Å². The molecule has 14 heteroatoms. The van der Waals surface area contributed by atoms with Crippen molar-refractivity contribution < 1.29 is 27.8 Å². The Morgan fingerprint density at radius 2 is 0.962 bits per heavy atom. The summed E-state index contributed by atoms with van der Waals surface area (Å²) in [5, 5.41) is 2.76. The van der Waals surface area contributed by atoms with Gasteiger partial charge in [0.2, 0.25) is 0 Å². The van der Waals surface area contributed by atoms with Crippen LogP contribution in [0.5, 0.6) is 0 Å². The van der Waals surface area contributed by atoms with Gasteiger partial charge in [-0.1, -0.05) is 46.4 Å². The molecule has 0 atom stereocenters. The number of hydrogen-bond donors (Lipinski definition) is 2. The van der Waals surface area contributed by atoms with Crippen molar-refractivity contribution in [2.75, 3.05) is 13.1 Å². The molecule has 1 aromatic carbocycles. The lowest BCUT2D eigenvalue weighted by Crippen LogP contribution is -2.34. The summed E-state index contributed by atoms with van der Waals surface area (Å²) in [6, 6.07) is 0. The molecule has 0 aliphatic carbocycles. The van der Waals surface area contributed by atoms with Gasteiger partial charge in [0.15, 0.2) is 0 Å². The van der Waals surface area contributed by atoms with E-state index >= 15 is 0 Å². The second kappa shape index (κ2) is 10.2. The summed E-state index contributed by atoms with van der Waals surface area (Å²) in [4.78, 5) is 46.7. The van der Waals surface area contributed by atoms with Gasteiger partial charge in [-0.25, -0.2) is 9.59 Å². The van der Waals surface area contributed by atoms with E-state index in [-0.39, 0.29) is 10.0 Å². The summed E-state index contributed by atoms with van der Waals surface area (Å²) in [6.45, 7) is -1.29. The van der Waals surface area contributed by atoms with Gasteiger partial charge >= 0.3 is 11.9 Å². The topological polar surface area (TPSA) is 111 Å². The van der Waals surface area contributed by atoms with Crippen LogP contribution in [0.2, 0.25) is 20.1 Å². The molecule has 0 unspecified atom stereocenters. The molecular weight excluding hydrogens is 481 g/mol. The zero-order chi connectivity index (χ0) is 20.0. The van der Waals surface area contributed by atoms with Crippen LogP contribution in [0.1, 0.15) is 20.7 Å². The van der Waals surface area contributed by atoms with Crippen molar-refractivity contribution in [3.63, 3.8) is 0 Å². The van der Waals surface area contributed by atoms with E-state index < -0.39 is 58.0 Å². The average molecular weight is 487 g/mol. The second-order valence-electron chi connectivity index (χ2n) is 4.27. The average Bonchev–Trinajstić information content (AvgIpc) is 2.64. The van der Waals surface area contributed by atoms with Gasteiger partial charge in [0, 0.05) is 0 Å². The maximum absolute atomic E-state index is 12.3. The van der Waals surface area contributed by atoms with Crippen molar-refractivity contribution in [2.24, 2.45) is 0 Å². The minimum absolute atomic E-state index is 0.305. The van der Waals surface area contributed by atoms with Crippen LogP contribution in [0.25, 0.3) is 0 Å². The standard InChI is InChI=1S/C12H6Cl6N2O6/c13-7-5(11(23)19-1-3(21)25-17)6(8(14)10(16)9(7)15)12(24)20-2-4(22)26-18/h1-2H2,(H,19,23)(H,20,24). The summed E-state index contributed by atoms with van der Waals surface area (Å²) in [5.41, 5.74) is -0.990. The van der Waals surface area contributed by atoms with Gasteiger partial charge in [0.25, 0.3) is 11.8 Å². The monoisotopic (exact) mass is 484 g/mol. The SMILES string of the molecule is O=C(CNC(=O)c1c(Cl)c(Cl)c(Cl)c(Cl)c1C(=O)NCC(=O)OCl)OCl. The van der Waals surface area contributed by atoms with E-state index in [2.05, 4.69) is 19.2 Å². The molecule has 142 valence electrons. The summed E-state index contributed by atoms with van der Waals surface area (Å²) in [6.07, 6.45) is 0. The maximum atomic E-state index is 12.3. The Hall–Kier alpha value is -1.16. The van der Waals surface area contributed by atoms with E-state index in [0.717, 1.165) is 0 Å². The summed E-state index contributed by atoms with van der Waals surface area (Å²) in [7, 11) is 0. The Balaban J connectivity index is 3.34. The highest BCUT2D eigenvalue weighted by molar-refractivity contribution is 6.54. The van der Waals surface area contributed by atoms with Gasteiger partial charge in [-0.15, -0.1) is 0 Å². The summed E-state index contributed by atoms with van der Waals surface area (Å²) >= 11 is 33.4. The molecule has 0 saturated heterocycles. The van der Waals surface area contributed by atoms with Crippen molar-refractivity contribution in [3.8, 4) is 0 Å². The third kappa shape index (κ3) is 5.42. The van der Waals surface area contributed by atoms with Gasteiger partial charge in [-0.2, -0.15) is 0 Å². The van der Waals surface area contributed by atoms with Crippen LogP contribution in [0.15, 0.2) is 0 Å². The molecular formula is C12H6Cl6N2O6. The van der Waals surface area contributed by atoms with Crippen molar-refractivity contribution in [1.82, 2.24) is 10.6 Å². The smallest absolute Gasteiger partial charge is 0.343 e. The summed E-state index contributed by atoms with van der Waals surface area (Å²) in [5.74, 6) is -4.00. The molecule has 2 N–H and O–H groups in total. The van der Waals surface area contributed by atoms with Gasteiger partial charge in [0.05, 0.1) is 31.2 Å².